The van der Waals surface area contributed by atoms with Crippen molar-refractivity contribution in [3.63, 3.8) is 0 Å². The summed E-state index contributed by atoms with van der Waals surface area (Å²) in [6.45, 7) is 0. The highest BCUT2D eigenvalue weighted by Crippen LogP contribution is 2.36. The van der Waals surface area contributed by atoms with E-state index in [1.54, 1.807) is 0 Å². The normalized spacial score (nSPS) is 10.2. The van der Waals surface area contributed by atoms with Crippen LogP contribution in [0.15, 0.2) is 36.4 Å². The average molecular weight is 312 g/mol. The third kappa shape index (κ3) is 3.09. The molecule has 0 heterocycles. The van der Waals surface area contributed by atoms with Gasteiger partial charge in [-0.3, -0.25) is 10.1 Å². The zero-order valence-electron chi connectivity index (χ0n) is 10.2. The summed E-state index contributed by atoms with van der Waals surface area (Å²) in [5.41, 5.74) is -0.774. The van der Waals surface area contributed by atoms with E-state index in [4.69, 9.17) is 21.4 Å². The Balaban J connectivity index is 2.52. The second-order valence-electron chi connectivity index (χ2n) is 3.89. The van der Waals surface area contributed by atoms with Crippen molar-refractivity contribution < 1.29 is 24.0 Å². The van der Waals surface area contributed by atoms with Gasteiger partial charge in [-0.05, 0) is 12.1 Å². The van der Waals surface area contributed by atoms with E-state index in [9.17, 15) is 19.3 Å². The molecule has 0 aliphatic rings. The fourth-order valence-electron chi connectivity index (χ4n) is 1.59. The summed E-state index contributed by atoms with van der Waals surface area (Å²) >= 11 is 5.49. The Hall–Kier alpha value is -2.67. The van der Waals surface area contributed by atoms with Crippen molar-refractivity contribution in [3.05, 3.63) is 62.9 Å². The minimum atomic E-state index is -1.28. The fraction of sp³-hybridized carbons (Fsp3) is 0. The Morgan fingerprint density at radius 2 is 1.95 bits per heavy atom. The van der Waals surface area contributed by atoms with Gasteiger partial charge < -0.3 is 9.84 Å². The summed E-state index contributed by atoms with van der Waals surface area (Å²) in [5, 5.41) is 19.5. The Kier molecular flexibility index (Phi) is 4.04. The maximum atomic E-state index is 13.4. The van der Waals surface area contributed by atoms with Crippen LogP contribution >= 0.6 is 11.6 Å². The number of carbonyl (C=O) groups is 1. The summed E-state index contributed by atoms with van der Waals surface area (Å²) < 4.78 is 18.6. The molecule has 0 unspecified atom stereocenters. The van der Waals surface area contributed by atoms with Crippen LogP contribution in [0.1, 0.15) is 10.4 Å². The first-order valence-electron chi connectivity index (χ1n) is 5.53. The lowest BCUT2D eigenvalue weighted by atomic mass is 10.2. The number of nitrogens with zero attached hydrogens (tertiary/aromatic N) is 1. The summed E-state index contributed by atoms with van der Waals surface area (Å²) in [5.74, 6) is -2.77. The monoisotopic (exact) mass is 311 g/mol. The molecule has 0 spiro atoms. The van der Waals surface area contributed by atoms with Gasteiger partial charge in [0, 0.05) is 12.1 Å². The zero-order chi connectivity index (χ0) is 15.6. The molecule has 0 aromatic heterocycles. The molecule has 108 valence electrons. The number of carboxylic acid groups (broad SMARTS) is 1. The van der Waals surface area contributed by atoms with Crippen molar-refractivity contribution in [2.45, 2.75) is 0 Å². The maximum absolute atomic E-state index is 13.4. The van der Waals surface area contributed by atoms with Crippen molar-refractivity contribution in [2.75, 3.05) is 0 Å². The van der Waals surface area contributed by atoms with Crippen molar-refractivity contribution in [3.8, 4) is 11.5 Å². The number of aromatic carboxylic acids is 1. The molecule has 2 aromatic rings. The predicted octanol–water partition coefficient (Wildman–Crippen LogP) is 3.88. The minimum Gasteiger partial charge on any atom is -0.478 e. The van der Waals surface area contributed by atoms with Crippen molar-refractivity contribution in [1.29, 1.82) is 0 Å². The molecule has 0 amide bonds. The molecule has 0 saturated heterocycles. The zero-order valence-corrected chi connectivity index (χ0v) is 11.0. The molecule has 0 bridgehead atoms. The number of hydrogen-bond donors (Lipinski definition) is 1. The van der Waals surface area contributed by atoms with Gasteiger partial charge in [0.1, 0.15) is 17.1 Å². The molecule has 0 radical (unpaired) electrons. The van der Waals surface area contributed by atoms with Gasteiger partial charge in [-0.25, -0.2) is 9.18 Å². The maximum Gasteiger partial charge on any atom is 0.339 e. The van der Waals surface area contributed by atoms with Crippen LogP contribution in [-0.4, -0.2) is 16.0 Å². The van der Waals surface area contributed by atoms with E-state index in [0.717, 1.165) is 12.1 Å². The molecule has 2 aromatic carbocycles. The van der Waals surface area contributed by atoms with Gasteiger partial charge in [0.15, 0.2) is 0 Å². The summed E-state index contributed by atoms with van der Waals surface area (Å²) in [6, 6.07) is 7.05. The van der Waals surface area contributed by atoms with Gasteiger partial charge >= 0.3 is 11.7 Å². The summed E-state index contributed by atoms with van der Waals surface area (Å²) in [6.07, 6.45) is 0. The van der Waals surface area contributed by atoms with Crippen LogP contribution in [0.5, 0.6) is 11.5 Å². The Bertz CT molecular complexity index is 734. The van der Waals surface area contributed by atoms with Crippen molar-refractivity contribution in [1.82, 2.24) is 0 Å². The van der Waals surface area contributed by atoms with E-state index in [-0.39, 0.29) is 11.3 Å². The summed E-state index contributed by atoms with van der Waals surface area (Å²) in [7, 11) is 0. The molecule has 21 heavy (non-hydrogen) atoms. The number of nitro benzene ring substituents is 1. The molecule has 0 atom stereocenters. The third-order valence-corrected chi connectivity index (χ3v) is 2.83. The van der Waals surface area contributed by atoms with Gasteiger partial charge in [-0.15, -0.1) is 0 Å². The Labute approximate surface area is 122 Å². The molecule has 6 nitrogen and oxygen atoms in total. The van der Waals surface area contributed by atoms with E-state index in [0.29, 0.717) is 0 Å². The molecule has 0 fully saturated rings. The van der Waals surface area contributed by atoms with Gasteiger partial charge in [-0.2, -0.15) is 0 Å². The lowest BCUT2D eigenvalue weighted by molar-refractivity contribution is -0.385. The first-order chi connectivity index (χ1) is 9.90. The van der Waals surface area contributed by atoms with E-state index in [2.05, 4.69) is 0 Å². The molecule has 0 aliphatic carbocycles. The number of halogens is 2. The topological polar surface area (TPSA) is 89.7 Å². The second-order valence-corrected chi connectivity index (χ2v) is 4.30. The lowest BCUT2D eigenvalue weighted by Crippen LogP contribution is -2.01. The SMILES string of the molecule is O=C(O)c1ccccc1Oc1cc(F)c(Cl)cc1[N+](=O)[O-]. The smallest absolute Gasteiger partial charge is 0.339 e. The highest BCUT2D eigenvalue weighted by atomic mass is 35.5. The number of carboxylic acids is 1. The van der Waals surface area contributed by atoms with Gasteiger partial charge in [0.25, 0.3) is 0 Å². The van der Waals surface area contributed by atoms with Crippen LogP contribution in [0.4, 0.5) is 10.1 Å². The fourth-order valence-corrected chi connectivity index (χ4v) is 1.75. The second kappa shape index (κ2) is 5.76. The highest BCUT2D eigenvalue weighted by Gasteiger charge is 2.21. The quantitative estimate of drug-likeness (QED) is 0.683. The Morgan fingerprint density at radius 3 is 2.57 bits per heavy atom. The van der Waals surface area contributed by atoms with Crippen molar-refractivity contribution in [2.24, 2.45) is 0 Å². The highest BCUT2D eigenvalue weighted by molar-refractivity contribution is 6.31. The first kappa shape index (κ1) is 14.7. The third-order valence-electron chi connectivity index (χ3n) is 2.54. The first-order valence-corrected chi connectivity index (χ1v) is 5.91. The van der Waals surface area contributed by atoms with E-state index >= 15 is 0 Å². The van der Waals surface area contributed by atoms with Crippen LogP contribution in [0.2, 0.25) is 5.02 Å². The summed E-state index contributed by atoms with van der Waals surface area (Å²) in [4.78, 5) is 21.2. The van der Waals surface area contributed by atoms with Crippen LogP contribution < -0.4 is 4.74 Å². The van der Waals surface area contributed by atoms with Crippen molar-refractivity contribution >= 4 is 23.3 Å². The standard InChI is InChI=1S/C13H7ClFNO5/c14-8-5-10(16(19)20)12(6-9(8)15)21-11-4-2-1-3-7(11)13(17)18/h1-6H,(H,17,18). The lowest BCUT2D eigenvalue weighted by Gasteiger charge is -2.09. The predicted molar refractivity (Wildman–Crippen MR) is 71.5 cm³/mol. The molecule has 8 heteroatoms. The number of ether oxygens (including phenoxy) is 1. The van der Waals surface area contributed by atoms with Gasteiger partial charge in [-0.1, -0.05) is 23.7 Å². The molecule has 1 N–H and O–H groups in total. The van der Waals surface area contributed by atoms with Crippen LogP contribution in [0.3, 0.4) is 0 Å². The average Bonchev–Trinajstić information content (AvgIpc) is 2.42. The number of hydrogen-bond acceptors (Lipinski definition) is 4. The Morgan fingerprint density at radius 1 is 1.29 bits per heavy atom. The van der Waals surface area contributed by atoms with Crippen LogP contribution in [-0.2, 0) is 0 Å². The molecule has 0 saturated carbocycles. The minimum absolute atomic E-state index is 0.144. The van der Waals surface area contributed by atoms with Crippen LogP contribution in [0, 0.1) is 15.9 Å². The molecule has 0 aliphatic heterocycles. The van der Waals surface area contributed by atoms with Crippen LogP contribution in [0.25, 0.3) is 0 Å². The number of para-hydroxylation sites is 1. The van der Waals surface area contributed by atoms with Gasteiger partial charge in [0.2, 0.25) is 5.75 Å². The van der Waals surface area contributed by atoms with E-state index in [1.807, 2.05) is 0 Å². The van der Waals surface area contributed by atoms with E-state index < -0.39 is 33.2 Å². The van der Waals surface area contributed by atoms with Gasteiger partial charge in [0.05, 0.1) is 9.95 Å². The number of nitro groups is 1. The largest absolute Gasteiger partial charge is 0.478 e. The molecule has 2 rings (SSSR count). The molecular formula is C13H7ClFNO5. The molecular weight excluding hydrogens is 305 g/mol. The number of rotatable bonds is 4. The van der Waals surface area contributed by atoms with E-state index in [1.165, 1.54) is 24.3 Å². The number of benzene rings is 2.